The third-order valence-electron chi connectivity index (χ3n) is 3.32. The topological polar surface area (TPSA) is 52.6 Å². The molecule has 120 valence electrons. The van der Waals surface area contributed by atoms with E-state index in [0.717, 1.165) is 5.56 Å². The first kappa shape index (κ1) is 17.5. The predicted octanol–water partition coefficient (Wildman–Crippen LogP) is 3.28. The van der Waals surface area contributed by atoms with Crippen molar-refractivity contribution in [1.29, 1.82) is 0 Å². The summed E-state index contributed by atoms with van der Waals surface area (Å²) in [6.07, 6.45) is -0.376. The zero-order chi connectivity index (χ0) is 16.0. The van der Waals surface area contributed by atoms with E-state index < -0.39 is 0 Å². The minimum absolute atomic E-state index is 0.0670. The zero-order valence-corrected chi connectivity index (χ0v) is 14.4. The maximum Gasteiger partial charge on any atom is 0.185 e. The standard InChI is InChI=1S/C16H20O4S2/c1-12(17)21-10-16(11-22-13(2)18)8-19-15(20-9-16)14-6-4-3-5-7-14/h3-7,15H,8-11H2,1-2H3. The van der Waals surface area contributed by atoms with Crippen LogP contribution in [0.2, 0.25) is 0 Å². The van der Waals surface area contributed by atoms with E-state index in [2.05, 4.69) is 0 Å². The van der Waals surface area contributed by atoms with Gasteiger partial charge in [0.2, 0.25) is 0 Å². The van der Waals surface area contributed by atoms with Gasteiger partial charge in [-0.05, 0) is 0 Å². The fourth-order valence-electron chi connectivity index (χ4n) is 2.12. The normalized spacial score (nSPS) is 18.1. The van der Waals surface area contributed by atoms with Gasteiger partial charge in [-0.1, -0.05) is 53.9 Å². The van der Waals surface area contributed by atoms with Crippen LogP contribution in [0.4, 0.5) is 0 Å². The summed E-state index contributed by atoms with van der Waals surface area (Å²) < 4.78 is 11.7. The molecule has 0 aromatic heterocycles. The van der Waals surface area contributed by atoms with E-state index in [1.807, 2.05) is 30.3 Å². The molecule has 1 aliphatic rings. The van der Waals surface area contributed by atoms with Gasteiger partial charge >= 0.3 is 0 Å². The van der Waals surface area contributed by atoms with Gasteiger partial charge in [0.05, 0.1) is 13.2 Å². The van der Waals surface area contributed by atoms with Crippen LogP contribution in [0.5, 0.6) is 0 Å². The molecule has 1 aromatic carbocycles. The molecule has 0 atom stereocenters. The van der Waals surface area contributed by atoms with Crippen molar-refractivity contribution in [2.45, 2.75) is 20.1 Å². The van der Waals surface area contributed by atoms with Gasteiger partial charge in [-0.2, -0.15) is 0 Å². The maximum atomic E-state index is 11.3. The molecule has 0 N–H and O–H groups in total. The van der Waals surface area contributed by atoms with E-state index in [4.69, 9.17) is 9.47 Å². The summed E-state index contributed by atoms with van der Waals surface area (Å²) in [5.74, 6) is 1.20. The molecular weight excluding hydrogens is 320 g/mol. The number of ether oxygens (including phenoxy) is 2. The predicted molar refractivity (Wildman–Crippen MR) is 89.8 cm³/mol. The van der Waals surface area contributed by atoms with Gasteiger partial charge in [0.15, 0.2) is 16.5 Å². The van der Waals surface area contributed by atoms with Crippen molar-refractivity contribution in [3.8, 4) is 0 Å². The molecule has 1 saturated heterocycles. The fourth-order valence-corrected chi connectivity index (χ4v) is 3.80. The Hall–Kier alpha value is -0.820. The van der Waals surface area contributed by atoms with E-state index in [1.54, 1.807) is 13.8 Å². The minimum Gasteiger partial charge on any atom is -0.348 e. The second-order valence-electron chi connectivity index (χ2n) is 5.43. The van der Waals surface area contributed by atoms with Crippen LogP contribution < -0.4 is 0 Å². The largest absolute Gasteiger partial charge is 0.348 e. The minimum atomic E-state index is -0.376. The number of thioether (sulfide) groups is 2. The van der Waals surface area contributed by atoms with Crippen LogP contribution in [0.15, 0.2) is 30.3 Å². The highest BCUT2D eigenvalue weighted by Crippen LogP contribution is 2.37. The van der Waals surface area contributed by atoms with Gasteiger partial charge in [0.25, 0.3) is 0 Å². The van der Waals surface area contributed by atoms with Crippen molar-refractivity contribution in [2.24, 2.45) is 5.41 Å². The highest BCUT2D eigenvalue weighted by atomic mass is 32.2. The molecule has 0 saturated carbocycles. The molecule has 1 fully saturated rings. The lowest BCUT2D eigenvalue weighted by Gasteiger charge is -2.39. The van der Waals surface area contributed by atoms with E-state index in [0.29, 0.717) is 24.7 Å². The molecule has 1 aromatic rings. The van der Waals surface area contributed by atoms with Gasteiger partial charge in [0.1, 0.15) is 0 Å². The van der Waals surface area contributed by atoms with Gasteiger partial charge in [-0.25, -0.2) is 0 Å². The SMILES string of the molecule is CC(=O)SCC1(CSC(C)=O)COC(c2ccccc2)OC1. The van der Waals surface area contributed by atoms with Crippen molar-refractivity contribution in [3.05, 3.63) is 35.9 Å². The monoisotopic (exact) mass is 340 g/mol. The Labute approximate surface area is 139 Å². The van der Waals surface area contributed by atoms with Crippen LogP contribution >= 0.6 is 23.5 Å². The fraction of sp³-hybridized carbons (Fsp3) is 0.500. The lowest BCUT2D eigenvalue weighted by atomic mass is 9.94. The summed E-state index contributed by atoms with van der Waals surface area (Å²) in [7, 11) is 0. The first-order valence-electron chi connectivity index (χ1n) is 7.06. The number of benzene rings is 1. The van der Waals surface area contributed by atoms with E-state index in [1.165, 1.54) is 23.5 Å². The van der Waals surface area contributed by atoms with Crippen molar-refractivity contribution >= 4 is 33.8 Å². The van der Waals surface area contributed by atoms with Crippen molar-refractivity contribution in [2.75, 3.05) is 24.7 Å². The van der Waals surface area contributed by atoms with Crippen LogP contribution in [0.25, 0.3) is 0 Å². The van der Waals surface area contributed by atoms with Crippen molar-refractivity contribution in [1.82, 2.24) is 0 Å². The van der Waals surface area contributed by atoms with Gasteiger partial charge in [0, 0.05) is 36.3 Å². The Morgan fingerprint density at radius 3 is 2.00 bits per heavy atom. The molecule has 1 heterocycles. The molecule has 1 aliphatic heterocycles. The highest BCUT2D eigenvalue weighted by molar-refractivity contribution is 8.14. The number of carbonyl (C=O) groups excluding carboxylic acids is 2. The summed E-state index contributed by atoms with van der Waals surface area (Å²) in [5, 5.41) is 0.134. The molecule has 0 amide bonds. The molecule has 0 spiro atoms. The lowest BCUT2D eigenvalue weighted by Crippen LogP contribution is -2.43. The van der Waals surface area contributed by atoms with E-state index in [9.17, 15) is 9.59 Å². The molecule has 22 heavy (non-hydrogen) atoms. The summed E-state index contributed by atoms with van der Waals surface area (Å²) >= 11 is 2.52. The summed E-state index contributed by atoms with van der Waals surface area (Å²) in [4.78, 5) is 22.5. The van der Waals surface area contributed by atoms with Crippen molar-refractivity contribution < 1.29 is 19.1 Å². The molecule has 6 heteroatoms. The third-order valence-corrected chi connectivity index (χ3v) is 5.64. The average Bonchev–Trinajstić information content (AvgIpc) is 2.53. The van der Waals surface area contributed by atoms with Gasteiger partial charge in [-0.3, -0.25) is 9.59 Å². The first-order chi connectivity index (χ1) is 10.5. The van der Waals surface area contributed by atoms with Crippen LogP contribution in [0, 0.1) is 5.41 Å². The molecule has 0 unspecified atom stereocenters. The van der Waals surface area contributed by atoms with Gasteiger partial charge in [-0.15, -0.1) is 0 Å². The Kier molecular flexibility index (Phi) is 6.50. The molecule has 0 radical (unpaired) electrons. The molecule has 2 rings (SSSR count). The molecular formula is C16H20O4S2. The quantitative estimate of drug-likeness (QED) is 0.820. The summed E-state index contributed by atoms with van der Waals surface area (Å²) in [5.41, 5.74) is 0.673. The average molecular weight is 340 g/mol. The lowest BCUT2D eigenvalue weighted by molar-refractivity contribution is -0.223. The molecule has 0 bridgehead atoms. The number of hydrogen-bond donors (Lipinski definition) is 0. The number of hydrogen-bond acceptors (Lipinski definition) is 6. The Morgan fingerprint density at radius 2 is 1.55 bits per heavy atom. The second kappa shape index (κ2) is 8.15. The van der Waals surface area contributed by atoms with Crippen LogP contribution in [0.3, 0.4) is 0 Å². The highest BCUT2D eigenvalue weighted by Gasteiger charge is 2.38. The second-order valence-corrected chi connectivity index (χ2v) is 7.73. The molecule has 0 aliphatic carbocycles. The zero-order valence-electron chi connectivity index (χ0n) is 12.7. The Balaban J connectivity index is 1.99. The van der Waals surface area contributed by atoms with Crippen molar-refractivity contribution in [3.63, 3.8) is 0 Å². The Bertz CT molecular complexity index is 490. The summed E-state index contributed by atoms with van der Waals surface area (Å²) in [6.45, 7) is 4.06. The Morgan fingerprint density at radius 1 is 1.05 bits per heavy atom. The van der Waals surface area contributed by atoms with Crippen LogP contribution in [-0.4, -0.2) is 35.0 Å². The molecule has 4 nitrogen and oxygen atoms in total. The number of carbonyl (C=O) groups is 2. The van der Waals surface area contributed by atoms with E-state index in [-0.39, 0.29) is 21.9 Å². The summed E-state index contributed by atoms with van der Waals surface area (Å²) in [6, 6.07) is 9.77. The number of rotatable bonds is 5. The maximum absolute atomic E-state index is 11.3. The van der Waals surface area contributed by atoms with Gasteiger partial charge < -0.3 is 9.47 Å². The van der Waals surface area contributed by atoms with E-state index >= 15 is 0 Å². The third kappa shape index (κ3) is 5.12. The van der Waals surface area contributed by atoms with Crippen LogP contribution in [0.1, 0.15) is 25.7 Å². The first-order valence-corrected chi connectivity index (χ1v) is 9.03. The smallest absolute Gasteiger partial charge is 0.185 e. The van der Waals surface area contributed by atoms with Crippen LogP contribution in [-0.2, 0) is 19.1 Å².